The molecule has 130 valence electrons. The summed E-state index contributed by atoms with van der Waals surface area (Å²) in [5, 5.41) is 9.37. The van der Waals surface area contributed by atoms with Crippen LogP contribution in [0.2, 0.25) is 0 Å². The van der Waals surface area contributed by atoms with E-state index < -0.39 is 29.8 Å². The normalized spacial score (nSPS) is 22.8. The van der Waals surface area contributed by atoms with Crippen molar-refractivity contribution in [1.82, 2.24) is 15.1 Å². The molecule has 0 spiro atoms. The number of hydrogen-bond donors (Lipinski definition) is 2. The van der Waals surface area contributed by atoms with Crippen molar-refractivity contribution in [2.75, 3.05) is 11.1 Å². The van der Waals surface area contributed by atoms with Gasteiger partial charge in [-0.15, -0.1) is 0 Å². The Bertz CT molecular complexity index is 553. The minimum Gasteiger partial charge on any atom is -0.335 e. The largest absolute Gasteiger partial charge is 0.335 e. The quantitative estimate of drug-likeness (QED) is 0.828. The average Bonchev–Trinajstić information content (AvgIpc) is 2.92. The van der Waals surface area contributed by atoms with Crippen LogP contribution in [-0.4, -0.2) is 43.5 Å². The van der Waals surface area contributed by atoms with Gasteiger partial charge in [-0.2, -0.15) is 5.10 Å². The van der Waals surface area contributed by atoms with Crippen molar-refractivity contribution in [2.24, 2.45) is 0 Å². The molecule has 3 atom stereocenters. The van der Waals surface area contributed by atoms with Crippen LogP contribution in [-0.2, 0) is 17.3 Å². The summed E-state index contributed by atoms with van der Waals surface area (Å²) in [5.41, 5.74) is 0. The number of alkyl halides is 2. The first-order chi connectivity index (χ1) is 11.0. The number of amides is 2. The zero-order chi connectivity index (χ0) is 16.8. The molecule has 1 heterocycles. The minimum absolute atomic E-state index is 0.0209. The first-order valence-corrected chi connectivity index (χ1v) is 9.12. The predicted octanol–water partition coefficient (Wildman–Crippen LogP) is 2.35. The molecule has 1 aliphatic rings. The number of nitrogens with one attached hydrogen (secondary N) is 2. The highest BCUT2D eigenvalue weighted by molar-refractivity contribution is 7.85. The molecule has 0 bridgehead atoms. The Morgan fingerprint density at radius 1 is 1.52 bits per heavy atom. The molecule has 0 aromatic carbocycles. The second-order valence-electron chi connectivity index (χ2n) is 5.57. The van der Waals surface area contributed by atoms with E-state index in [1.165, 1.54) is 12.3 Å². The second-order valence-corrected chi connectivity index (χ2v) is 7.57. The topological polar surface area (TPSA) is 76.0 Å². The van der Waals surface area contributed by atoms with Crippen LogP contribution in [0.5, 0.6) is 0 Å². The molecular weight excluding hydrogens is 326 g/mol. The van der Waals surface area contributed by atoms with Crippen LogP contribution < -0.4 is 10.6 Å². The summed E-state index contributed by atoms with van der Waals surface area (Å²) in [6, 6.07) is 1.03. The summed E-state index contributed by atoms with van der Waals surface area (Å²) >= 11 is 0. The van der Waals surface area contributed by atoms with Crippen molar-refractivity contribution in [3.8, 4) is 0 Å². The van der Waals surface area contributed by atoms with Crippen molar-refractivity contribution in [3.05, 3.63) is 12.3 Å². The van der Waals surface area contributed by atoms with E-state index in [4.69, 9.17) is 0 Å². The third-order valence-electron chi connectivity index (χ3n) is 3.82. The highest BCUT2D eigenvalue weighted by Gasteiger charge is 2.26. The van der Waals surface area contributed by atoms with Crippen molar-refractivity contribution in [3.63, 3.8) is 0 Å². The summed E-state index contributed by atoms with van der Waals surface area (Å²) in [4.78, 5) is 12.0. The van der Waals surface area contributed by atoms with Gasteiger partial charge in [0.25, 0.3) is 6.43 Å². The smallest absolute Gasteiger partial charge is 0.320 e. The predicted molar refractivity (Wildman–Crippen MR) is 85.1 cm³/mol. The van der Waals surface area contributed by atoms with Gasteiger partial charge in [-0.1, -0.05) is 13.3 Å². The van der Waals surface area contributed by atoms with Crippen molar-refractivity contribution < 1.29 is 17.8 Å². The fourth-order valence-electron chi connectivity index (χ4n) is 2.76. The third-order valence-corrected chi connectivity index (χ3v) is 5.57. The van der Waals surface area contributed by atoms with E-state index in [-0.39, 0.29) is 17.1 Å². The van der Waals surface area contributed by atoms with Crippen LogP contribution in [0.25, 0.3) is 0 Å². The molecule has 2 amide bonds. The van der Waals surface area contributed by atoms with Gasteiger partial charge < -0.3 is 5.32 Å². The SMILES string of the molecule is CC[S@@](=O)[C@H]1CCC[C@H](NC(=O)Nc2ccn(CC(F)F)n2)C1. The lowest BCUT2D eigenvalue weighted by molar-refractivity contribution is 0.122. The van der Waals surface area contributed by atoms with E-state index in [1.807, 2.05) is 6.92 Å². The van der Waals surface area contributed by atoms with Gasteiger partial charge in [0.05, 0.1) is 0 Å². The van der Waals surface area contributed by atoms with Gasteiger partial charge in [0.1, 0.15) is 6.54 Å². The molecule has 0 aliphatic heterocycles. The van der Waals surface area contributed by atoms with E-state index in [1.54, 1.807) is 0 Å². The lowest BCUT2D eigenvalue weighted by Gasteiger charge is -2.28. The monoisotopic (exact) mass is 348 g/mol. The summed E-state index contributed by atoms with van der Waals surface area (Å²) < 4.78 is 37.5. The maximum absolute atomic E-state index is 12.2. The first-order valence-electron chi connectivity index (χ1n) is 7.74. The van der Waals surface area contributed by atoms with Crippen molar-refractivity contribution in [1.29, 1.82) is 0 Å². The molecule has 0 unspecified atom stereocenters. The number of carbonyl (C=O) groups is 1. The van der Waals surface area contributed by atoms with E-state index in [0.29, 0.717) is 12.2 Å². The van der Waals surface area contributed by atoms with Crippen molar-refractivity contribution in [2.45, 2.75) is 56.9 Å². The molecule has 1 fully saturated rings. The Balaban J connectivity index is 1.82. The molecule has 23 heavy (non-hydrogen) atoms. The number of urea groups is 1. The molecule has 0 saturated heterocycles. The Kier molecular flexibility index (Phi) is 6.49. The second kappa shape index (κ2) is 8.37. The highest BCUT2D eigenvalue weighted by Crippen LogP contribution is 2.23. The Hall–Kier alpha value is -1.51. The van der Waals surface area contributed by atoms with Crippen LogP contribution >= 0.6 is 0 Å². The maximum atomic E-state index is 12.2. The third kappa shape index (κ3) is 5.56. The van der Waals surface area contributed by atoms with E-state index in [9.17, 15) is 17.8 Å². The number of rotatable bonds is 6. The zero-order valence-electron chi connectivity index (χ0n) is 13.0. The number of carbonyl (C=O) groups excluding carboxylic acids is 1. The molecule has 1 saturated carbocycles. The standard InChI is InChI=1S/C14H22F2N4O2S/c1-2-23(22)11-5-3-4-10(8-11)17-14(21)18-13-6-7-20(19-13)9-12(15)16/h6-7,10-12H,2-5,8-9H2,1H3,(H2,17,18,19,21)/t10-,11-,23+/m0/s1. The van der Waals surface area contributed by atoms with Gasteiger partial charge in [-0.25, -0.2) is 13.6 Å². The van der Waals surface area contributed by atoms with E-state index in [2.05, 4.69) is 15.7 Å². The van der Waals surface area contributed by atoms with Gasteiger partial charge in [0.15, 0.2) is 5.82 Å². The summed E-state index contributed by atoms with van der Waals surface area (Å²) in [7, 11) is -0.848. The zero-order valence-corrected chi connectivity index (χ0v) is 13.8. The van der Waals surface area contributed by atoms with Gasteiger partial charge in [-0.3, -0.25) is 14.2 Å². The van der Waals surface area contributed by atoms with Crippen LogP contribution in [0.3, 0.4) is 0 Å². The number of halogens is 2. The molecule has 1 aromatic rings. The van der Waals surface area contributed by atoms with Gasteiger partial charge in [0, 0.05) is 40.1 Å². The van der Waals surface area contributed by atoms with Crippen LogP contribution in [0, 0.1) is 0 Å². The van der Waals surface area contributed by atoms with E-state index in [0.717, 1.165) is 23.9 Å². The van der Waals surface area contributed by atoms with Crippen molar-refractivity contribution >= 4 is 22.6 Å². The van der Waals surface area contributed by atoms with Gasteiger partial charge in [0.2, 0.25) is 0 Å². The molecular formula is C14H22F2N4O2S. The fraction of sp³-hybridized carbons (Fsp3) is 0.714. The van der Waals surface area contributed by atoms with Crippen LogP contribution in [0.1, 0.15) is 32.6 Å². The molecule has 2 rings (SSSR count). The number of aromatic nitrogens is 2. The number of nitrogens with zero attached hydrogens (tertiary/aromatic N) is 2. The van der Waals surface area contributed by atoms with Crippen LogP contribution in [0.4, 0.5) is 19.4 Å². The summed E-state index contributed by atoms with van der Waals surface area (Å²) in [5.74, 6) is 0.859. The molecule has 9 heteroatoms. The maximum Gasteiger partial charge on any atom is 0.320 e. The van der Waals surface area contributed by atoms with Gasteiger partial charge >= 0.3 is 6.03 Å². The van der Waals surface area contributed by atoms with E-state index >= 15 is 0 Å². The fourth-order valence-corrected chi connectivity index (χ4v) is 4.11. The summed E-state index contributed by atoms with van der Waals surface area (Å²) in [6.07, 6.45) is 2.32. The molecule has 0 radical (unpaired) electrons. The van der Waals surface area contributed by atoms with Gasteiger partial charge in [-0.05, 0) is 19.3 Å². The molecule has 2 N–H and O–H groups in total. The van der Waals surface area contributed by atoms with Crippen LogP contribution in [0.15, 0.2) is 12.3 Å². The Morgan fingerprint density at radius 3 is 3.00 bits per heavy atom. The lowest BCUT2D eigenvalue weighted by Crippen LogP contribution is -2.43. The summed E-state index contributed by atoms with van der Waals surface area (Å²) in [6.45, 7) is 1.39. The first kappa shape index (κ1) is 17.8. The minimum atomic E-state index is -2.49. The number of hydrogen-bond acceptors (Lipinski definition) is 3. The lowest BCUT2D eigenvalue weighted by atomic mass is 9.95. The molecule has 1 aliphatic carbocycles. The molecule has 6 nitrogen and oxygen atoms in total. The molecule has 1 aromatic heterocycles. The Labute approximate surface area is 136 Å². The average molecular weight is 348 g/mol. The highest BCUT2D eigenvalue weighted by atomic mass is 32.2. The number of anilines is 1. The Morgan fingerprint density at radius 2 is 2.30 bits per heavy atom.